The smallest absolute Gasteiger partial charge is 0.341 e. The number of fused-ring (bicyclic) bond motifs is 3. The first-order valence-electron chi connectivity index (χ1n) is 10.4. The van der Waals surface area contributed by atoms with Crippen LogP contribution in [-0.2, 0) is 27.2 Å². The van der Waals surface area contributed by atoms with Gasteiger partial charge in [0.15, 0.2) is 0 Å². The summed E-state index contributed by atoms with van der Waals surface area (Å²) in [6.45, 7) is 0. The summed E-state index contributed by atoms with van der Waals surface area (Å²) in [5.41, 5.74) is 3.13. The number of aliphatic carboxylic acids is 1. The Morgan fingerprint density at radius 2 is 1.84 bits per heavy atom. The van der Waals surface area contributed by atoms with Crippen molar-refractivity contribution in [2.45, 2.75) is 38.5 Å². The van der Waals surface area contributed by atoms with E-state index < -0.39 is 23.8 Å². The van der Waals surface area contributed by atoms with E-state index in [0.717, 1.165) is 53.0 Å². The molecular weight excluding hydrogens is 418 g/mol. The van der Waals surface area contributed by atoms with Crippen molar-refractivity contribution < 1.29 is 29.0 Å². The Morgan fingerprint density at radius 3 is 2.52 bits per heavy atom. The van der Waals surface area contributed by atoms with Crippen LogP contribution in [-0.4, -0.2) is 37.2 Å². The summed E-state index contributed by atoms with van der Waals surface area (Å²) < 4.78 is 10.4. The second-order valence-electron chi connectivity index (χ2n) is 7.94. The van der Waals surface area contributed by atoms with Crippen LogP contribution in [0.25, 0.3) is 11.1 Å². The van der Waals surface area contributed by atoms with Crippen LogP contribution in [0.4, 0.5) is 5.00 Å². The lowest BCUT2D eigenvalue weighted by atomic mass is 9.78. The number of methoxy groups -OCH3 is 2. The number of hydrogen-bond acceptors (Lipinski definition) is 6. The standard InChI is InChI=1S/C23H25NO6S/c1-29-13-8-9-14-12(11-13)7-10-17-18(14)19(23(28)30-2)21(31-17)24-20(25)15-5-3-4-6-16(15)22(26)27/h8-9,11,15-16H,3-7,10H2,1-2H3,(H,24,25)(H,26,27)/t15-,16-/m0/s1. The van der Waals surface area contributed by atoms with Crippen LogP contribution in [0.1, 0.15) is 46.5 Å². The highest BCUT2D eigenvalue weighted by Gasteiger charge is 2.37. The Morgan fingerprint density at radius 1 is 1.10 bits per heavy atom. The van der Waals surface area contributed by atoms with Gasteiger partial charge in [-0.05, 0) is 48.9 Å². The molecule has 31 heavy (non-hydrogen) atoms. The number of nitrogens with one attached hydrogen (secondary N) is 1. The molecule has 8 heteroatoms. The lowest BCUT2D eigenvalue weighted by Gasteiger charge is -2.27. The third kappa shape index (κ3) is 3.92. The van der Waals surface area contributed by atoms with Gasteiger partial charge in [-0.15, -0.1) is 11.3 Å². The van der Waals surface area contributed by atoms with Crippen LogP contribution in [0.5, 0.6) is 5.75 Å². The number of esters is 1. The van der Waals surface area contributed by atoms with E-state index >= 15 is 0 Å². The van der Waals surface area contributed by atoms with Crippen LogP contribution in [0.3, 0.4) is 0 Å². The number of carboxylic acid groups (broad SMARTS) is 1. The van der Waals surface area contributed by atoms with Gasteiger partial charge in [-0.25, -0.2) is 4.79 Å². The number of benzene rings is 1. The van der Waals surface area contributed by atoms with Crippen LogP contribution in [0, 0.1) is 11.8 Å². The Bertz CT molecular complexity index is 1040. The predicted molar refractivity (Wildman–Crippen MR) is 117 cm³/mol. The number of anilines is 1. The summed E-state index contributed by atoms with van der Waals surface area (Å²) in [4.78, 5) is 38.4. The molecule has 1 saturated carbocycles. The summed E-state index contributed by atoms with van der Waals surface area (Å²) in [5, 5.41) is 12.8. The van der Waals surface area contributed by atoms with E-state index in [9.17, 15) is 19.5 Å². The topological polar surface area (TPSA) is 102 Å². The van der Waals surface area contributed by atoms with Crippen molar-refractivity contribution in [2.75, 3.05) is 19.5 Å². The van der Waals surface area contributed by atoms with Crippen molar-refractivity contribution in [3.05, 3.63) is 34.2 Å². The van der Waals surface area contributed by atoms with E-state index in [1.807, 2.05) is 18.2 Å². The van der Waals surface area contributed by atoms with Crippen LogP contribution in [0.2, 0.25) is 0 Å². The summed E-state index contributed by atoms with van der Waals surface area (Å²) in [6, 6.07) is 5.75. The van der Waals surface area contributed by atoms with Gasteiger partial charge in [-0.1, -0.05) is 18.9 Å². The number of ether oxygens (including phenoxy) is 2. The second-order valence-corrected chi connectivity index (χ2v) is 9.05. The number of carboxylic acids is 1. The molecule has 7 nitrogen and oxygen atoms in total. The van der Waals surface area contributed by atoms with Crippen molar-refractivity contribution >= 4 is 34.2 Å². The zero-order chi connectivity index (χ0) is 22.1. The summed E-state index contributed by atoms with van der Waals surface area (Å²) in [5.74, 6) is -2.35. The minimum Gasteiger partial charge on any atom is -0.497 e. The largest absolute Gasteiger partial charge is 0.497 e. The third-order valence-corrected chi connectivity index (χ3v) is 7.40. The number of amides is 1. The molecule has 0 saturated heterocycles. The number of hydrogen-bond donors (Lipinski definition) is 2. The van der Waals surface area contributed by atoms with E-state index in [4.69, 9.17) is 9.47 Å². The van der Waals surface area contributed by atoms with Crippen LogP contribution >= 0.6 is 11.3 Å². The monoisotopic (exact) mass is 443 g/mol. The number of carbonyl (C=O) groups excluding carboxylic acids is 2. The predicted octanol–water partition coefficient (Wildman–Crippen LogP) is 4.14. The van der Waals surface area contributed by atoms with E-state index in [2.05, 4.69) is 5.32 Å². The van der Waals surface area contributed by atoms with Gasteiger partial charge < -0.3 is 19.9 Å². The molecule has 1 aromatic heterocycles. The number of rotatable bonds is 5. The fourth-order valence-electron chi connectivity index (χ4n) is 4.66. The first-order chi connectivity index (χ1) is 14.9. The summed E-state index contributed by atoms with van der Waals surface area (Å²) in [7, 11) is 2.93. The lowest BCUT2D eigenvalue weighted by molar-refractivity contribution is -0.147. The highest BCUT2D eigenvalue weighted by Crippen LogP contribution is 2.46. The fraction of sp³-hybridized carbons (Fsp3) is 0.435. The van der Waals surface area contributed by atoms with Crippen LogP contribution in [0.15, 0.2) is 18.2 Å². The summed E-state index contributed by atoms with van der Waals surface area (Å²) >= 11 is 1.37. The highest BCUT2D eigenvalue weighted by molar-refractivity contribution is 7.17. The summed E-state index contributed by atoms with van der Waals surface area (Å²) in [6.07, 6.45) is 4.19. The molecule has 2 atom stereocenters. The molecule has 0 bridgehead atoms. The van der Waals surface area contributed by atoms with Gasteiger partial charge in [0, 0.05) is 10.4 Å². The van der Waals surface area contributed by atoms with Gasteiger partial charge >= 0.3 is 11.9 Å². The first-order valence-corrected chi connectivity index (χ1v) is 11.2. The molecule has 1 amide bonds. The van der Waals surface area contributed by atoms with Crippen molar-refractivity contribution in [3.8, 4) is 16.9 Å². The molecule has 0 spiro atoms. The molecule has 1 heterocycles. The van der Waals surface area contributed by atoms with Gasteiger partial charge in [0.1, 0.15) is 16.3 Å². The molecular formula is C23H25NO6S. The number of carbonyl (C=O) groups is 3. The lowest BCUT2D eigenvalue weighted by Crippen LogP contribution is -2.36. The molecule has 2 aliphatic carbocycles. The molecule has 0 unspecified atom stereocenters. The van der Waals surface area contributed by atoms with Crippen molar-refractivity contribution in [2.24, 2.45) is 11.8 Å². The first kappa shape index (κ1) is 21.4. The number of thiophene rings is 1. The van der Waals surface area contributed by atoms with Crippen molar-refractivity contribution in [3.63, 3.8) is 0 Å². The zero-order valence-corrected chi connectivity index (χ0v) is 18.3. The maximum absolute atomic E-state index is 13.1. The van der Waals surface area contributed by atoms with Gasteiger partial charge in [-0.3, -0.25) is 9.59 Å². The molecule has 2 aromatic rings. The minimum atomic E-state index is -0.943. The molecule has 0 aliphatic heterocycles. The normalized spacial score (nSPS) is 19.7. The quantitative estimate of drug-likeness (QED) is 0.674. The average molecular weight is 444 g/mol. The molecule has 0 radical (unpaired) electrons. The highest BCUT2D eigenvalue weighted by atomic mass is 32.1. The minimum absolute atomic E-state index is 0.338. The van der Waals surface area contributed by atoms with Gasteiger partial charge in [0.25, 0.3) is 0 Å². The van der Waals surface area contributed by atoms with E-state index in [1.54, 1.807) is 7.11 Å². The maximum Gasteiger partial charge on any atom is 0.341 e. The van der Waals surface area contributed by atoms with Crippen molar-refractivity contribution in [1.82, 2.24) is 0 Å². The van der Waals surface area contributed by atoms with Crippen LogP contribution < -0.4 is 10.1 Å². The zero-order valence-electron chi connectivity index (χ0n) is 17.5. The molecule has 164 valence electrons. The Balaban J connectivity index is 1.72. The third-order valence-electron chi connectivity index (χ3n) is 6.23. The maximum atomic E-state index is 13.1. The molecule has 1 fully saturated rings. The average Bonchev–Trinajstić information content (AvgIpc) is 3.16. The van der Waals surface area contributed by atoms with E-state index in [0.29, 0.717) is 23.4 Å². The number of aryl methyl sites for hydroxylation is 2. The fourth-order valence-corrected chi connectivity index (χ4v) is 5.87. The SMILES string of the molecule is COC(=O)c1c(NC(=O)[C@H]2CCCC[C@@H]2C(=O)O)sc2c1-c1ccc(OC)cc1CC2. The Kier molecular flexibility index (Phi) is 6.00. The molecule has 4 rings (SSSR count). The van der Waals surface area contributed by atoms with E-state index in [1.165, 1.54) is 18.4 Å². The molecule has 1 aromatic carbocycles. The van der Waals surface area contributed by atoms with Gasteiger partial charge in [-0.2, -0.15) is 0 Å². The van der Waals surface area contributed by atoms with Gasteiger partial charge in [0.2, 0.25) is 5.91 Å². The molecule has 2 N–H and O–H groups in total. The van der Waals surface area contributed by atoms with E-state index in [-0.39, 0.29) is 5.91 Å². The second kappa shape index (κ2) is 8.70. The molecule has 2 aliphatic rings. The Hall–Kier alpha value is -2.87. The van der Waals surface area contributed by atoms with Gasteiger partial charge in [0.05, 0.1) is 26.1 Å². The Labute approximate surface area is 184 Å². The van der Waals surface area contributed by atoms with Crippen molar-refractivity contribution in [1.29, 1.82) is 0 Å².